The van der Waals surface area contributed by atoms with Gasteiger partial charge in [0.15, 0.2) is 16.6 Å². The molecule has 0 amide bonds. The van der Waals surface area contributed by atoms with Crippen LogP contribution < -0.4 is 4.90 Å². The van der Waals surface area contributed by atoms with Crippen LogP contribution >= 0.6 is 11.3 Å². The first kappa shape index (κ1) is 14.0. The van der Waals surface area contributed by atoms with Gasteiger partial charge in [-0.25, -0.2) is 9.78 Å². The molecule has 0 bridgehead atoms. The van der Waals surface area contributed by atoms with E-state index in [1.807, 2.05) is 0 Å². The van der Waals surface area contributed by atoms with Crippen molar-refractivity contribution in [1.82, 2.24) is 4.98 Å². The van der Waals surface area contributed by atoms with Crippen LogP contribution in [-0.2, 0) is 0 Å². The van der Waals surface area contributed by atoms with E-state index in [4.69, 9.17) is 5.11 Å². The van der Waals surface area contributed by atoms with Crippen molar-refractivity contribution in [3.63, 3.8) is 0 Å². The average Bonchev–Trinajstić information content (AvgIpc) is 2.74. The highest BCUT2D eigenvalue weighted by Gasteiger charge is 2.29. The second-order valence-electron chi connectivity index (χ2n) is 5.69. The summed E-state index contributed by atoms with van der Waals surface area (Å²) in [6, 6.07) is 0. The molecule has 0 saturated carbocycles. The van der Waals surface area contributed by atoms with Crippen molar-refractivity contribution in [2.24, 2.45) is 5.41 Å². The topological polar surface area (TPSA) is 70.5 Å². The van der Waals surface area contributed by atoms with Gasteiger partial charge in [0.1, 0.15) is 4.88 Å². The standard InChI is InChI=1S/C13H18N2O3S/c1-8(16)10-9(11(17)18)14-12(19-10)15-6-4-13(2,3)5-7-15/h4-7H2,1-3H3,(H,17,18). The number of aromatic carboxylic acids is 1. The van der Waals surface area contributed by atoms with Crippen LogP contribution in [0.4, 0.5) is 5.13 Å². The van der Waals surface area contributed by atoms with Crippen molar-refractivity contribution in [2.45, 2.75) is 33.6 Å². The van der Waals surface area contributed by atoms with Crippen molar-refractivity contribution in [3.05, 3.63) is 10.6 Å². The molecule has 6 heteroatoms. The van der Waals surface area contributed by atoms with E-state index >= 15 is 0 Å². The number of rotatable bonds is 3. The lowest BCUT2D eigenvalue weighted by molar-refractivity contribution is 0.0687. The third-order valence-corrected chi connectivity index (χ3v) is 4.74. The second kappa shape index (κ2) is 4.92. The minimum atomic E-state index is -1.13. The fourth-order valence-electron chi connectivity index (χ4n) is 2.13. The Morgan fingerprint density at radius 2 is 1.89 bits per heavy atom. The molecule has 1 aromatic heterocycles. The zero-order chi connectivity index (χ0) is 14.2. The lowest BCUT2D eigenvalue weighted by Gasteiger charge is -2.36. The van der Waals surface area contributed by atoms with E-state index in [0.29, 0.717) is 10.5 Å². The Labute approximate surface area is 116 Å². The fourth-order valence-corrected chi connectivity index (χ4v) is 3.14. The average molecular weight is 282 g/mol. The van der Waals surface area contributed by atoms with Gasteiger partial charge in [-0.15, -0.1) is 0 Å². The molecule has 5 nitrogen and oxygen atoms in total. The first-order valence-electron chi connectivity index (χ1n) is 6.30. The maximum absolute atomic E-state index is 11.5. The summed E-state index contributed by atoms with van der Waals surface area (Å²) in [5.74, 6) is -1.37. The summed E-state index contributed by atoms with van der Waals surface area (Å²) in [5.41, 5.74) is 0.213. The molecule has 1 N–H and O–H groups in total. The summed E-state index contributed by atoms with van der Waals surface area (Å²) >= 11 is 1.19. The van der Waals surface area contributed by atoms with Crippen molar-refractivity contribution in [1.29, 1.82) is 0 Å². The first-order chi connectivity index (χ1) is 8.80. The number of hydrogen-bond donors (Lipinski definition) is 1. The number of anilines is 1. The molecule has 1 aliphatic heterocycles. The summed E-state index contributed by atoms with van der Waals surface area (Å²) in [7, 11) is 0. The smallest absolute Gasteiger partial charge is 0.356 e. The lowest BCUT2D eigenvalue weighted by Crippen LogP contribution is -2.37. The molecule has 104 valence electrons. The van der Waals surface area contributed by atoms with E-state index in [9.17, 15) is 9.59 Å². The third-order valence-electron chi connectivity index (χ3n) is 3.53. The number of thiazole rings is 1. The van der Waals surface area contributed by atoms with E-state index < -0.39 is 5.97 Å². The van der Waals surface area contributed by atoms with Gasteiger partial charge < -0.3 is 10.0 Å². The van der Waals surface area contributed by atoms with Crippen molar-refractivity contribution in [3.8, 4) is 0 Å². The summed E-state index contributed by atoms with van der Waals surface area (Å²) in [5, 5.41) is 9.73. The minimum absolute atomic E-state index is 0.114. The summed E-state index contributed by atoms with van der Waals surface area (Å²) in [4.78, 5) is 29.0. The van der Waals surface area contributed by atoms with Crippen LogP contribution in [0.2, 0.25) is 0 Å². The van der Waals surface area contributed by atoms with Crippen molar-refractivity contribution >= 4 is 28.2 Å². The highest BCUT2D eigenvalue weighted by molar-refractivity contribution is 7.17. The predicted octanol–water partition coefficient (Wildman–Crippen LogP) is 2.67. The van der Waals surface area contributed by atoms with Gasteiger partial charge in [-0.3, -0.25) is 4.79 Å². The SMILES string of the molecule is CC(=O)c1sc(N2CCC(C)(C)CC2)nc1C(=O)O. The Kier molecular flexibility index (Phi) is 3.62. The van der Waals surface area contributed by atoms with E-state index in [0.717, 1.165) is 25.9 Å². The number of ketones is 1. The van der Waals surface area contributed by atoms with Gasteiger partial charge in [-0.05, 0) is 18.3 Å². The van der Waals surface area contributed by atoms with Crippen LogP contribution in [-0.4, -0.2) is 34.9 Å². The molecule has 19 heavy (non-hydrogen) atoms. The summed E-state index contributed by atoms with van der Waals surface area (Å²) in [6.45, 7) is 7.56. The van der Waals surface area contributed by atoms with Crippen LogP contribution in [0.25, 0.3) is 0 Å². The van der Waals surface area contributed by atoms with E-state index in [1.165, 1.54) is 18.3 Å². The second-order valence-corrected chi connectivity index (χ2v) is 6.66. The Morgan fingerprint density at radius 1 is 1.32 bits per heavy atom. The van der Waals surface area contributed by atoms with Crippen molar-refractivity contribution in [2.75, 3.05) is 18.0 Å². The zero-order valence-corrected chi connectivity index (χ0v) is 12.2. The van der Waals surface area contributed by atoms with Gasteiger partial charge in [0, 0.05) is 20.0 Å². The van der Waals surface area contributed by atoms with Gasteiger partial charge in [0.25, 0.3) is 0 Å². The maximum Gasteiger partial charge on any atom is 0.356 e. The normalized spacial score (nSPS) is 18.4. The molecule has 1 aliphatic rings. The fraction of sp³-hybridized carbons (Fsp3) is 0.615. The molecule has 0 unspecified atom stereocenters. The molecule has 0 atom stereocenters. The third kappa shape index (κ3) is 2.94. The molecule has 0 radical (unpaired) electrons. The largest absolute Gasteiger partial charge is 0.476 e. The van der Waals surface area contributed by atoms with Crippen LogP contribution in [0.15, 0.2) is 0 Å². The highest BCUT2D eigenvalue weighted by atomic mass is 32.1. The Hall–Kier alpha value is -1.43. The summed E-state index contributed by atoms with van der Waals surface area (Å²) in [6.07, 6.45) is 2.09. The predicted molar refractivity (Wildman–Crippen MR) is 74.3 cm³/mol. The number of carbonyl (C=O) groups excluding carboxylic acids is 1. The molecule has 2 heterocycles. The zero-order valence-electron chi connectivity index (χ0n) is 11.4. The van der Waals surface area contributed by atoms with Gasteiger partial charge in [-0.2, -0.15) is 0 Å². The minimum Gasteiger partial charge on any atom is -0.476 e. The molecule has 0 aromatic carbocycles. The van der Waals surface area contributed by atoms with E-state index in [-0.39, 0.29) is 16.4 Å². The number of carbonyl (C=O) groups is 2. The van der Waals surface area contributed by atoms with Gasteiger partial charge >= 0.3 is 5.97 Å². The van der Waals surface area contributed by atoms with Gasteiger partial charge in [0.05, 0.1) is 0 Å². The van der Waals surface area contributed by atoms with E-state index in [2.05, 4.69) is 23.7 Å². The number of piperidine rings is 1. The van der Waals surface area contributed by atoms with Crippen LogP contribution in [0.5, 0.6) is 0 Å². The molecular weight excluding hydrogens is 264 g/mol. The highest BCUT2D eigenvalue weighted by Crippen LogP contribution is 2.34. The summed E-state index contributed by atoms with van der Waals surface area (Å²) < 4.78 is 0. The van der Waals surface area contributed by atoms with Gasteiger partial charge in [0.2, 0.25) is 0 Å². The molecular formula is C13H18N2O3S. The molecule has 1 aromatic rings. The lowest BCUT2D eigenvalue weighted by atomic mass is 9.83. The molecule has 1 fully saturated rings. The number of hydrogen-bond acceptors (Lipinski definition) is 5. The van der Waals surface area contributed by atoms with Crippen molar-refractivity contribution < 1.29 is 14.7 Å². The Morgan fingerprint density at radius 3 is 2.32 bits per heavy atom. The quantitative estimate of drug-likeness (QED) is 0.863. The molecule has 0 spiro atoms. The van der Waals surface area contributed by atoms with E-state index in [1.54, 1.807) is 0 Å². The Bertz CT molecular complexity index is 480. The number of carboxylic acid groups (broad SMARTS) is 1. The Balaban J connectivity index is 2.25. The van der Waals surface area contributed by atoms with Crippen LogP contribution in [0.1, 0.15) is 53.8 Å². The monoisotopic (exact) mass is 282 g/mol. The molecule has 0 aliphatic carbocycles. The number of Topliss-reactive ketones (excluding diaryl/α,β-unsaturated/α-hetero) is 1. The van der Waals surface area contributed by atoms with Crippen LogP contribution in [0, 0.1) is 5.41 Å². The number of carboxylic acids is 1. The molecule has 2 rings (SSSR count). The molecule has 1 saturated heterocycles. The number of nitrogens with zero attached hydrogens (tertiary/aromatic N) is 2. The number of aromatic nitrogens is 1. The maximum atomic E-state index is 11.5. The van der Waals surface area contributed by atoms with Gasteiger partial charge in [-0.1, -0.05) is 25.2 Å². The van der Waals surface area contributed by atoms with Crippen LogP contribution in [0.3, 0.4) is 0 Å². The first-order valence-corrected chi connectivity index (χ1v) is 7.12.